The number of aryl methyl sites for hydroxylation is 1. The van der Waals surface area contributed by atoms with Crippen molar-refractivity contribution in [1.29, 1.82) is 0 Å². The molecule has 1 fully saturated rings. The third-order valence-corrected chi connectivity index (χ3v) is 3.86. The zero-order chi connectivity index (χ0) is 13.5. The van der Waals surface area contributed by atoms with Gasteiger partial charge in [0.05, 0.1) is 13.1 Å². The number of quaternary nitrogens is 1. The standard InChI is InChI=1S/C16H25NO2/c1-2-14-6-8-16(9-7-14)19-13-15(18)12-17-10-4-3-5-11-17/h6-9,15,18H,2-5,10-13H2,1H3/p+1/t15-/m0/s1. The van der Waals surface area contributed by atoms with E-state index < -0.39 is 0 Å². The highest BCUT2D eigenvalue weighted by atomic mass is 16.5. The van der Waals surface area contributed by atoms with Gasteiger partial charge in [-0.15, -0.1) is 0 Å². The SMILES string of the molecule is CCc1ccc(OC[C@@H](O)C[NH+]2CCCCC2)cc1. The van der Waals surface area contributed by atoms with Crippen molar-refractivity contribution in [2.45, 2.75) is 38.7 Å². The van der Waals surface area contributed by atoms with Crippen molar-refractivity contribution in [2.24, 2.45) is 0 Å². The lowest BCUT2D eigenvalue weighted by atomic mass is 10.1. The topological polar surface area (TPSA) is 33.9 Å². The molecule has 1 atom stereocenters. The molecule has 1 aromatic carbocycles. The number of aliphatic hydroxyl groups is 1. The molecule has 0 amide bonds. The van der Waals surface area contributed by atoms with Gasteiger partial charge in [-0.3, -0.25) is 0 Å². The lowest BCUT2D eigenvalue weighted by Crippen LogP contribution is -3.14. The van der Waals surface area contributed by atoms with E-state index in [1.807, 2.05) is 12.1 Å². The lowest BCUT2D eigenvalue weighted by molar-refractivity contribution is -0.908. The van der Waals surface area contributed by atoms with Crippen molar-refractivity contribution >= 4 is 0 Å². The molecule has 0 radical (unpaired) electrons. The monoisotopic (exact) mass is 264 g/mol. The van der Waals surface area contributed by atoms with E-state index >= 15 is 0 Å². The molecule has 0 saturated carbocycles. The van der Waals surface area contributed by atoms with Crippen LogP contribution in [0.1, 0.15) is 31.7 Å². The molecule has 0 spiro atoms. The molecule has 1 aliphatic rings. The lowest BCUT2D eigenvalue weighted by Gasteiger charge is -2.25. The van der Waals surface area contributed by atoms with Gasteiger partial charge in [-0.2, -0.15) is 0 Å². The summed E-state index contributed by atoms with van der Waals surface area (Å²) in [5.41, 5.74) is 1.31. The highest BCUT2D eigenvalue weighted by molar-refractivity contribution is 5.27. The minimum atomic E-state index is -0.362. The number of hydrogen-bond donors (Lipinski definition) is 2. The van der Waals surface area contributed by atoms with Crippen LogP contribution in [0.4, 0.5) is 0 Å². The molecular weight excluding hydrogens is 238 g/mol. The molecule has 1 aliphatic heterocycles. The summed E-state index contributed by atoms with van der Waals surface area (Å²) in [7, 11) is 0. The summed E-state index contributed by atoms with van der Waals surface area (Å²) in [6.45, 7) is 5.74. The van der Waals surface area contributed by atoms with Gasteiger partial charge in [-0.05, 0) is 43.4 Å². The van der Waals surface area contributed by atoms with Gasteiger partial charge in [0.1, 0.15) is 25.0 Å². The summed E-state index contributed by atoms with van der Waals surface area (Å²) < 4.78 is 5.65. The number of nitrogens with one attached hydrogen (secondary N) is 1. The van der Waals surface area contributed by atoms with Crippen LogP contribution in [0.5, 0.6) is 5.75 Å². The molecule has 2 rings (SSSR count). The van der Waals surface area contributed by atoms with E-state index in [0.717, 1.165) is 18.7 Å². The van der Waals surface area contributed by atoms with Gasteiger partial charge in [0.15, 0.2) is 0 Å². The summed E-state index contributed by atoms with van der Waals surface area (Å²) in [6.07, 6.45) is 4.61. The summed E-state index contributed by atoms with van der Waals surface area (Å²) in [4.78, 5) is 1.52. The summed E-state index contributed by atoms with van der Waals surface area (Å²) in [6, 6.07) is 8.13. The Labute approximate surface area is 116 Å². The van der Waals surface area contributed by atoms with E-state index in [2.05, 4.69) is 19.1 Å². The third kappa shape index (κ3) is 4.84. The maximum atomic E-state index is 10.0. The zero-order valence-electron chi connectivity index (χ0n) is 11.9. The highest BCUT2D eigenvalue weighted by Crippen LogP contribution is 2.12. The van der Waals surface area contributed by atoms with Gasteiger partial charge in [-0.25, -0.2) is 0 Å². The number of ether oxygens (including phenoxy) is 1. The Balaban J connectivity index is 1.71. The molecule has 106 valence electrons. The fourth-order valence-corrected chi connectivity index (χ4v) is 2.66. The summed E-state index contributed by atoms with van der Waals surface area (Å²) in [5, 5.41) is 10.0. The third-order valence-electron chi connectivity index (χ3n) is 3.86. The first-order chi connectivity index (χ1) is 9.28. The molecule has 0 aliphatic carbocycles. The number of piperidine rings is 1. The summed E-state index contributed by atoms with van der Waals surface area (Å²) >= 11 is 0. The Morgan fingerprint density at radius 1 is 1.16 bits per heavy atom. The van der Waals surface area contributed by atoms with Crippen LogP contribution in [0.15, 0.2) is 24.3 Å². The van der Waals surface area contributed by atoms with Crippen molar-refractivity contribution < 1.29 is 14.7 Å². The molecule has 3 heteroatoms. The average Bonchev–Trinajstić information content (AvgIpc) is 2.47. The molecule has 0 unspecified atom stereocenters. The number of hydrogen-bond acceptors (Lipinski definition) is 2. The number of aliphatic hydroxyl groups excluding tert-OH is 1. The van der Waals surface area contributed by atoms with E-state index in [4.69, 9.17) is 4.74 Å². The Hall–Kier alpha value is -1.06. The second kappa shape index (κ2) is 7.51. The van der Waals surface area contributed by atoms with Crippen molar-refractivity contribution in [2.75, 3.05) is 26.2 Å². The minimum absolute atomic E-state index is 0.362. The second-order valence-electron chi connectivity index (χ2n) is 5.48. The van der Waals surface area contributed by atoms with Gasteiger partial charge in [0.2, 0.25) is 0 Å². The van der Waals surface area contributed by atoms with Crippen molar-refractivity contribution in [3.8, 4) is 5.75 Å². The molecule has 1 heterocycles. The van der Waals surface area contributed by atoms with Gasteiger partial charge in [-0.1, -0.05) is 19.1 Å². The molecule has 2 N–H and O–H groups in total. The number of likely N-dealkylation sites (tertiary alicyclic amines) is 1. The fraction of sp³-hybridized carbons (Fsp3) is 0.625. The Bertz CT molecular complexity index is 358. The molecule has 19 heavy (non-hydrogen) atoms. The Kier molecular flexibility index (Phi) is 5.67. The van der Waals surface area contributed by atoms with Crippen LogP contribution in [0.25, 0.3) is 0 Å². The van der Waals surface area contributed by atoms with E-state index in [1.54, 1.807) is 0 Å². The molecule has 1 saturated heterocycles. The van der Waals surface area contributed by atoms with Crippen molar-refractivity contribution in [3.63, 3.8) is 0 Å². The molecule has 3 nitrogen and oxygen atoms in total. The maximum absolute atomic E-state index is 10.0. The predicted molar refractivity (Wildman–Crippen MR) is 76.7 cm³/mol. The maximum Gasteiger partial charge on any atom is 0.137 e. The van der Waals surface area contributed by atoms with Gasteiger partial charge < -0.3 is 14.7 Å². The van der Waals surface area contributed by atoms with E-state index in [1.165, 1.54) is 42.8 Å². The van der Waals surface area contributed by atoms with Gasteiger partial charge in [0.25, 0.3) is 0 Å². The predicted octanol–water partition coefficient (Wildman–Crippen LogP) is 1.06. The van der Waals surface area contributed by atoms with Crippen LogP contribution in [0, 0.1) is 0 Å². The normalized spacial score (nSPS) is 18.2. The van der Waals surface area contributed by atoms with E-state index in [9.17, 15) is 5.11 Å². The number of benzene rings is 1. The van der Waals surface area contributed by atoms with Crippen molar-refractivity contribution in [1.82, 2.24) is 0 Å². The highest BCUT2D eigenvalue weighted by Gasteiger charge is 2.18. The molecule has 0 bridgehead atoms. The largest absolute Gasteiger partial charge is 0.491 e. The van der Waals surface area contributed by atoms with Crippen LogP contribution >= 0.6 is 0 Å². The smallest absolute Gasteiger partial charge is 0.137 e. The first-order valence-corrected chi connectivity index (χ1v) is 7.51. The van der Waals surface area contributed by atoms with Crippen LogP contribution < -0.4 is 9.64 Å². The first kappa shape index (κ1) is 14.4. The Morgan fingerprint density at radius 2 is 1.84 bits per heavy atom. The second-order valence-corrected chi connectivity index (χ2v) is 5.48. The quantitative estimate of drug-likeness (QED) is 0.805. The van der Waals surface area contributed by atoms with E-state index in [0.29, 0.717) is 6.61 Å². The van der Waals surface area contributed by atoms with Crippen LogP contribution in [0.2, 0.25) is 0 Å². The average molecular weight is 264 g/mol. The zero-order valence-corrected chi connectivity index (χ0v) is 11.9. The van der Waals surface area contributed by atoms with Crippen LogP contribution in [0.3, 0.4) is 0 Å². The van der Waals surface area contributed by atoms with Crippen LogP contribution in [-0.2, 0) is 6.42 Å². The van der Waals surface area contributed by atoms with Gasteiger partial charge >= 0.3 is 0 Å². The van der Waals surface area contributed by atoms with Crippen LogP contribution in [-0.4, -0.2) is 37.5 Å². The summed E-state index contributed by atoms with van der Waals surface area (Å²) in [5.74, 6) is 0.852. The molecule has 0 aromatic heterocycles. The minimum Gasteiger partial charge on any atom is -0.491 e. The van der Waals surface area contributed by atoms with E-state index in [-0.39, 0.29) is 6.10 Å². The molecule has 1 aromatic rings. The Morgan fingerprint density at radius 3 is 2.47 bits per heavy atom. The fourth-order valence-electron chi connectivity index (χ4n) is 2.66. The number of rotatable bonds is 6. The van der Waals surface area contributed by atoms with Crippen molar-refractivity contribution in [3.05, 3.63) is 29.8 Å². The molecular formula is C16H26NO2+. The first-order valence-electron chi connectivity index (χ1n) is 7.51. The van der Waals surface area contributed by atoms with Gasteiger partial charge in [0, 0.05) is 0 Å².